The monoisotopic (exact) mass is 350 g/mol. The number of nitrogens with two attached hydrogens (primary N) is 1. The predicted molar refractivity (Wildman–Crippen MR) is 89.5 cm³/mol. The van der Waals surface area contributed by atoms with E-state index in [0.29, 0.717) is 12.3 Å². The van der Waals surface area contributed by atoms with Crippen LogP contribution >= 0.6 is 11.3 Å². The Labute approximate surface area is 138 Å². The van der Waals surface area contributed by atoms with Gasteiger partial charge in [0.05, 0.1) is 5.54 Å². The zero-order valence-electron chi connectivity index (χ0n) is 12.5. The van der Waals surface area contributed by atoms with E-state index in [0.717, 1.165) is 40.7 Å². The number of fused-ring (bicyclic) bond motifs is 2. The van der Waals surface area contributed by atoms with Crippen LogP contribution in [0.2, 0.25) is 0 Å². The first-order chi connectivity index (χ1) is 10.9. The van der Waals surface area contributed by atoms with Crippen LogP contribution in [0.5, 0.6) is 0 Å². The first kappa shape index (κ1) is 15.1. The molecule has 0 aliphatic heterocycles. The van der Waals surface area contributed by atoms with Crippen LogP contribution in [0.15, 0.2) is 34.5 Å². The second-order valence-electron chi connectivity index (χ2n) is 6.57. The summed E-state index contributed by atoms with van der Waals surface area (Å²) in [6.45, 7) is 0. The number of carbonyl (C=O) groups is 1. The van der Waals surface area contributed by atoms with Gasteiger partial charge in [-0.05, 0) is 42.2 Å². The molecule has 0 spiro atoms. The third-order valence-corrected chi connectivity index (χ3v) is 7.99. The molecule has 2 aromatic rings. The van der Waals surface area contributed by atoms with Crippen LogP contribution in [0, 0.1) is 11.8 Å². The molecule has 122 valence electrons. The third kappa shape index (κ3) is 2.47. The molecule has 7 heteroatoms. The van der Waals surface area contributed by atoms with Gasteiger partial charge in [-0.1, -0.05) is 31.0 Å². The summed E-state index contributed by atoms with van der Waals surface area (Å²) in [4.78, 5) is 12.6. The van der Waals surface area contributed by atoms with E-state index in [-0.39, 0.29) is 10.1 Å². The predicted octanol–water partition coefficient (Wildman–Crippen LogP) is 2.22. The molecule has 3 atom stereocenters. The topological polar surface area (TPSA) is 89.3 Å². The fourth-order valence-electron chi connectivity index (χ4n) is 3.68. The van der Waals surface area contributed by atoms with Crippen molar-refractivity contribution in [1.29, 1.82) is 0 Å². The summed E-state index contributed by atoms with van der Waals surface area (Å²) in [7, 11) is -3.87. The molecule has 3 N–H and O–H groups in total. The number of rotatable bonds is 3. The number of amides is 1. The maximum Gasteiger partial charge on any atom is 0.273 e. The van der Waals surface area contributed by atoms with Gasteiger partial charge in [-0.25, -0.2) is 13.1 Å². The van der Waals surface area contributed by atoms with Crippen molar-refractivity contribution in [2.45, 2.75) is 35.4 Å². The highest BCUT2D eigenvalue weighted by Gasteiger charge is 2.57. The number of carbonyl (C=O) groups excluding carboxylic acids is 1. The van der Waals surface area contributed by atoms with E-state index >= 15 is 0 Å². The lowest BCUT2D eigenvalue weighted by Gasteiger charge is -2.31. The Morgan fingerprint density at radius 1 is 1.35 bits per heavy atom. The first-order valence-electron chi connectivity index (χ1n) is 7.75. The van der Waals surface area contributed by atoms with Crippen LogP contribution in [0.3, 0.4) is 0 Å². The van der Waals surface area contributed by atoms with Gasteiger partial charge < -0.3 is 5.73 Å². The minimum atomic E-state index is -3.87. The molecule has 3 unspecified atom stereocenters. The summed E-state index contributed by atoms with van der Waals surface area (Å²) in [5.74, 6) is 0.0718. The average Bonchev–Trinajstić information content (AvgIpc) is 3.18. The van der Waals surface area contributed by atoms with E-state index in [1.54, 1.807) is 6.07 Å². The Morgan fingerprint density at radius 3 is 2.91 bits per heavy atom. The average molecular weight is 350 g/mol. The van der Waals surface area contributed by atoms with Crippen LogP contribution in [-0.4, -0.2) is 19.9 Å². The van der Waals surface area contributed by atoms with Crippen molar-refractivity contribution in [2.24, 2.45) is 17.6 Å². The summed E-state index contributed by atoms with van der Waals surface area (Å²) >= 11 is 1.16. The van der Waals surface area contributed by atoms with Crippen LogP contribution in [0.1, 0.15) is 25.7 Å². The highest BCUT2D eigenvalue weighted by Crippen LogP contribution is 2.53. The minimum Gasteiger partial charge on any atom is -0.317 e. The van der Waals surface area contributed by atoms with Gasteiger partial charge in [0.1, 0.15) is 4.21 Å². The van der Waals surface area contributed by atoms with Crippen molar-refractivity contribution in [1.82, 2.24) is 4.72 Å². The minimum absolute atomic E-state index is 0.133. The quantitative estimate of drug-likeness (QED) is 0.888. The summed E-state index contributed by atoms with van der Waals surface area (Å²) in [5, 5.41) is 0.854. The van der Waals surface area contributed by atoms with Crippen LogP contribution in [0.25, 0.3) is 10.1 Å². The fraction of sp³-hybridized carbons (Fsp3) is 0.438. The third-order valence-electron chi connectivity index (χ3n) is 5.07. The second-order valence-corrected chi connectivity index (χ2v) is 9.57. The molecule has 5 nitrogen and oxygen atoms in total. The van der Waals surface area contributed by atoms with Crippen LogP contribution in [0.4, 0.5) is 0 Å². The van der Waals surface area contributed by atoms with Crippen molar-refractivity contribution >= 4 is 37.4 Å². The molecule has 0 radical (unpaired) electrons. The first-order valence-corrected chi connectivity index (χ1v) is 10.0. The Kier molecular flexibility index (Phi) is 3.30. The molecule has 1 aromatic heterocycles. The molecular weight excluding hydrogens is 332 g/mol. The molecule has 0 bridgehead atoms. The largest absolute Gasteiger partial charge is 0.317 e. The Hall–Kier alpha value is -1.44. The van der Waals surface area contributed by atoms with Gasteiger partial charge in [-0.3, -0.25) is 4.79 Å². The van der Waals surface area contributed by atoms with Gasteiger partial charge in [0, 0.05) is 4.70 Å². The lowest BCUT2D eigenvalue weighted by molar-refractivity contribution is -0.126. The summed E-state index contributed by atoms with van der Waals surface area (Å²) < 4.78 is 28.3. The highest BCUT2D eigenvalue weighted by atomic mass is 32.2. The molecule has 2 aliphatic rings. The number of nitrogens with one attached hydrogen (secondary N) is 1. The van der Waals surface area contributed by atoms with Gasteiger partial charge in [-0.2, -0.15) is 0 Å². The summed E-state index contributed by atoms with van der Waals surface area (Å²) in [6, 6.07) is 9.03. The molecular formula is C16H18N2O3S2. The summed E-state index contributed by atoms with van der Waals surface area (Å²) in [6.07, 6.45) is 3.47. The lowest BCUT2D eigenvalue weighted by Crippen LogP contribution is -2.58. The van der Waals surface area contributed by atoms with Crippen molar-refractivity contribution < 1.29 is 13.2 Å². The number of hydrogen-bond acceptors (Lipinski definition) is 5. The van der Waals surface area contributed by atoms with Gasteiger partial charge in [-0.15, -0.1) is 11.3 Å². The van der Waals surface area contributed by atoms with E-state index in [9.17, 15) is 13.2 Å². The summed E-state index contributed by atoms with van der Waals surface area (Å²) in [5.41, 5.74) is 5.24. The number of benzene rings is 1. The zero-order chi connectivity index (χ0) is 16.2. The van der Waals surface area contributed by atoms with Gasteiger partial charge in [0.25, 0.3) is 15.9 Å². The van der Waals surface area contributed by atoms with E-state index in [1.807, 2.05) is 24.3 Å². The van der Waals surface area contributed by atoms with E-state index < -0.39 is 21.5 Å². The van der Waals surface area contributed by atoms with Crippen LogP contribution < -0.4 is 10.5 Å². The van der Waals surface area contributed by atoms with Crippen molar-refractivity contribution in [3.8, 4) is 0 Å². The molecule has 23 heavy (non-hydrogen) atoms. The fourth-order valence-corrected chi connectivity index (χ4v) is 6.12. The SMILES string of the molecule is NC1(C(=O)NS(=O)(=O)c2cc3ccccc3s2)CCCC2CC21. The molecule has 1 heterocycles. The molecule has 1 aromatic carbocycles. The maximum atomic E-state index is 12.6. The number of hydrogen-bond donors (Lipinski definition) is 2. The molecule has 2 saturated carbocycles. The van der Waals surface area contributed by atoms with E-state index in [4.69, 9.17) is 5.73 Å². The number of sulfonamides is 1. The molecule has 1 amide bonds. The van der Waals surface area contributed by atoms with Gasteiger partial charge >= 0.3 is 0 Å². The zero-order valence-corrected chi connectivity index (χ0v) is 14.1. The van der Waals surface area contributed by atoms with Crippen molar-refractivity contribution in [2.75, 3.05) is 0 Å². The molecule has 2 aliphatic carbocycles. The van der Waals surface area contributed by atoms with Gasteiger partial charge in [0.2, 0.25) is 0 Å². The molecule has 0 saturated heterocycles. The second kappa shape index (κ2) is 5.03. The van der Waals surface area contributed by atoms with Gasteiger partial charge in [0.15, 0.2) is 0 Å². The van der Waals surface area contributed by atoms with E-state index in [2.05, 4.69) is 4.72 Å². The number of thiophene rings is 1. The molecule has 4 rings (SSSR count). The van der Waals surface area contributed by atoms with Crippen molar-refractivity contribution in [3.63, 3.8) is 0 Å². The standard InChI is InChI=1S/C16H18N2O3S2/c17-16(7-3-5-10-8-12(10)16)15(19)18-23(20,21)14-9-11-4-1-2-6-13(11)22-14/h1-2,4,6,9-10,12H,3,5,7-8,17H2,(H,18,19). The van der Waals surface area contributed by atoms with Crippen LogP contribution in [-0.2, 0) is 14.8 Å². The Balaban J connectivity index is 1.60. The Morgan fingerprint density at radius 2 is 2.13 bits per heavy atom. The normalized spacial score (nSPS) is 30.0. The molecule has 2 fully saturated rings. The highest BCUT2D eigenvalue weighted by molar-refractivity contribution is 7.92. The smallest absolute Gasteiger partial charge is 0.273 e. The lowest BCUT2D eigenvalue weighted by atomic mass is 9.82. The Bertz CT molecular complexity index is 857. The van der Waals surface area contributed by atoms with Crippen molar-refractivity contribution in [3.05, 3.63) is 30.3 Å². The maximum absolute atomic E-state index is 12.6. The van der Waals surface area contributed by atoms with E-state index in [1.165, 1.54) is 0 Å².